The summed E-state index contributed by atoms with van der Waals surface area (Å²) in [5.41, 5.74) is 2.03. The van der Waals surface area contributed by atoms with E-state index in [-0.39, 0.29) is 5.69 Å². The number of hydrogen-bond donors (Lipinski definition) is 2. The molecule has 0 aromatic heterocycles. The van der Waals surface area contributed by atoms with Crippen LogP contribution < -0.4 is 10.0 Å². The molecule has 0 saturated heterocycles. The van der Waals surface area contributed by atoms with Crippen molar-refractivity contribution in [2.75, 3.05) is 4.31 Å². The Kier molecular flexibility index (Phi) is 4.57. The second-order valence-corrected chi connectivity index (χ2v) is 6.19. The number of carbonyl (C=O) groups excluding carboxylic acids is 1. The Bertz CT molecular complexity index is 626. The number of anilines is 1. The summed E-state index contributed by atoms with van der Waals surface area (Å²) in [6.45, 7) is 4.71. The van der Waals surface area contributed by atoms with Crippen LogP contribution in [0.25, 0.3) is 0 Å². The van der Waals surface area contributed by atoms with Gasteiger partial charge in [0.1, 0.15) is 0 Å². The number of alkyl halides is 3. The molecular weight excluding hydrogens is 309 g/mol. The number of rotatable bonds is 3. The van der Waals surface area contributed by atoms with Crippen molar-refractivity contribution in [2.24, 2.45) is 5.73 Å². The van der Waals surface area contributed by atoms with Crippen LogP contribution in [0.4, 0.5) is 18.9 Å². The van der Waals surface area contributed by atoms with Crippen LogP contribution in [0.1, 0.15) is 36.7 Å². The molecule has 2 N–H and O–H groups in total. The van der Waals surface area contributed by atoms with Crippen LogP contribution in [0.15, 0.2) is 18.2 Å². The van der Waals surface area contributed by atoms with Gasteiger partial charge in [0, 0.05) is 5.54 Å². The average Bonchev–Trinajstić information content (AvgIpc) is 2.24. The fraction of sp³-hybridized carbons (Fsp3) is 0.417. The predicted molar refractivity (Wildman–Crippen MR) is 72.5 cm³/mol. The van der Waals surface area contributed by atoms with Crippen LogP contribution in [0.5, 0.6) is 0 Å². The minimum atomic E-state index is -4.75. The van der Waals surface area contributed by atoms with E-state index in [4.69, 9.17) is 5.73 Å². The molecule has 21 heavy (non-hydrogen) atoms. The number of nitrogens with two attached hydrogens (primary N) is 1. The smallest absolute Gasteiger partial charge is 0.366 e. The Balaban J connectivity index is 3.55. The van der Waals surface area contributed by atoms with Crippen molar-refractivity contribution in [3.63, 3.8) is 0 Å². The van der Waals surface area contributed by atoms with Crippen LogP contribution in [-0.2, 0) is 17.1 Å². The van der Waals surface area contributed by atoms with E-state index in [1.807, 2.05) is 0 Å². The van der Waals surface area contributed by atoms with Gasteiger partial charge in [-0.15, -0.1) is 0 Å². The molecule has 0 fully saturated rings. The number of halogens is 3. The highest BCUT2D eigenvalue weighted by atomic mass is 32.2. The summed E-state index contributed by atoms with van der Waals surface area (Å²) in [6, 6.07) is 2.47. The lowest BCUT2D eigenvalue weighted by molar-refractivity contribution is -0.137. The van der Waals surface area contributed by atoms with Crippen molar-refractivity contribution in [1.29, 1.82) is 0 Å². The average molecular weight is 324 g/mol. The summed E-state index contributed by atoms with van der Waals surface area (Å²) in [6.07, 6.45) is -4.75. The third-order valence-corrected chi connectivity index (χ3v) is 3.77. The van der Waals surface area contributed by atoms with E-state index >= 15 is 0 Å². The molecule has 0 unspecified atom stereocenters. The van der Waals surface area contributed by atoms with Crippen molar-refractivity contribution < 1.29 is 26.4 Å². The van der Waals surface area contributed by atoms with E-state index in [1.165, 1.54) is 0 Å². The van der Waals surface area contributed by atoms with E-state index in [0.717, 1.165) is 16.4 Å². The van der Waals surface area contributed by atoms with Crippen LogP contribution in [0.2, 0.25) is 0 Å². The first-order valence-corrected chi connectivity index (χ1v) is 6.94. The van der Waals surface area contributed by atoms with Gasteiger partial charge >= 0.3 is 6.18 Å². The van der Waals surface area contributed by atoms with Crippen LogP contribution in [-0.4, -0.2) is 19.9 Å². The molecule has 1 aromatic carbocycles. The number of hydrogen-bond acceptors (Lipinski definition) is 3. The van der Waals surface area contributed by atoms with Crippen LogP contribution in [0.3, 0.4) is 0 Å². The number of nitrogens with zero attached hydrogens (tertiary/aromatic N) is 1. The highest BCUT2D eigenvalue weighted by molar-refractivity contribution is 7.74. The molecule has 0 aliphatic carbocycles. The van der Waals surface area contributed by atoms with Gasteiger partial charge < -0.3 is 5.73 Å². The molecule has 0 spiro atoms. The minimum absolute atomic E-state index is 0.0552. The van der Waals surface area contributed by atoms with E-state index in [2.05, 4.69) is 0 Å². The molecule has 1 amide bonds. The fourth-order valence-electron chi connectivity index (χ4n) is 1.84. The molecule has 1 rings (SSSR count). The zero-order valence-corrected chi connectivity index (χ0v) is 12.5. The molecule has 0 atom stereocenters. The summed E-state index contributed by atoms with van der Waals surface area (Å²) in [7, 11) is -3.10. The maximum atomic E-state index is 12.8. The maximum Gasteiger partial charge on any atom is 0.417 e. The van der Waals surface area contributed by atoms with Gasteiger partial charge in [-0.2, -0.15) is 13.2 Å². The highest BCUT2D eigenvalue weighted by Crippen LogP contribution is 2.35. The summed E-state index contributed by atoms with van der Waals surface area (Å²) >= 11 is 0. The normalized spacial score (nSPS) is 12.5. The zero-order chi connectivity index (χ0) is 16.6. The number of carbonyl (C=O) groups is 1. The predicted octanol–water partition coefficient (Wildman–Crippen LogP) is 1.94. The fourth-order valence-corrected chi connectivity index (χ4v) is 2.64. The van der Waals surface area contributed by atoms with Crippen molar-refractivity contribution in [3.8, 4) is 0 Å². The topological polar surface area (TPSA) is 80.5 Å². The first-order valence-electron chi connectivity index (χ1n) is 5.81. The second kappa shape index (κ2) is 5.55. The van der Waals surface area contributed by atoms with E-state index in [1.54, 1.807) is 20.8 Å². The minimum Gasteiger partial charge on any atom is -0.366 e. The molecule has 0 radical (unpaired) electrons. The standard InChI is InChI=1S/C12H15F3N2O3S/c1-11(2,3)17(21(19)20)7-4-5-9(12(13,14)15)8(6-7)10(16)18/h4-6,21H,1-3H3,(H2,16,18). The Morgan fingerprint density at radius 1 is 1.19 bits per heavy atom. The lowest BCUT2D eigenvalue weighted by Gasteiger charge is -2.32. The molecule has 1 aromatic rings. The van der Waals surface area contributed by atoms with E-state index < -0.39 is 39.6 Å². The molecule has 118 valence electrons. The third kappa shape index (κ3) is 3.87. The molecule has 0 bridgehead atoms. The Morgan fingerprint density at radius 3 is 2.05 bits per heavy atom. The first-order chi connectivity index (χ1) is 9.35. The Labute approximate surface area is 121 Å². The number of amides is 1. The lowest BCUT2D eigenvalue weighted by Crippen LogP contribution is -2.40. The van der Waals surface area contributed by atoms with Gasteiger partial charge in [0.25, 0.3) is 0 Å². The Morgan fingerprint density at radius 2 is 1.71 bits per heavy atom. The van der Waals surface area contributed by atoms with Gasteiger partial charge in [-0.25, -0.2) is 8.42 Å². The highest BCUT2D eigenvalue weighted by Gasteiger charge is 2.36. The summed E-state index contributed by atoms with van der Waals surface area (Å²) in [5, 5.41) is 0. The van der Waals surface area contributed by atoms with Crippen LogP contribution >= 0.6 is 0 Å². The third-order valence-electron chi connectivity index (χ3n) is 2.62. The van der Waals surface area contributed by atoms with Crippen molar-refractivity contribution in [1.82, 2.24) is 0 Å². The number of thiol groups is 1. The maximum absolute atomic E-state index is 12.8. The summed E-state index contributed by atoms with van der Waals surface area (Å²) in [4.78, 5) is 11.2. The molecule has 0 aliphatic rings. The van der Waals surface area contributed by atoms with E-state index in [9.17, 15) is 26.4 Å². The second-order valence-electron chi connectivity index (χ2n) is 5.31. The quantitative estimate of drug-likeness (QED) is 0.834. The Hall–Kier alpha value is -1.77. The molecular formula is C12H15F3N2O3S. The number of primary amides is 1. The summed E-state index contributed by atoms with van der Waals surface area (Å²) < 4.78 is 61.9. The van der Waals surface area contributed by atoms with Crippen molar-refractivity contribution >= 4 is 22.5 Å². The summed E-state index contributed by atoms with van der Waals surface area (Å²) in [5.74, 6) is -1.28. The van der Waals surface area contributed by atoms with Crippen molar-refractivity contribution in [2.45, 2.75) is 32.5 Å². The van der Waals surface area contributed by atoms with Crippen LogP contribution in [0, 0.1) is 0 Å². The SMILES string of the molecule is CC(C)(C)N(c1ccc(C(F)(F)F)c(C(N)=O)c1)[SH](=O)=O. The molecule has 0 aliphatic heterocycles. The molecule has 0 heterocycles. The van der Waals surface area contributed by atoms with Gasteiger partial charge in [0.2, 0.25) is 16.8 Å². The van der Waals surface area contributed by atoms with E-state index in [0.29, 0.717) is 6.07 Å². The zero-order valence-electron chi connectivity index (χ0n) is 11.6. The first kappa shape index (κ1) is 17.3. The van der Waals surface area contributed by atoms with Gasteiger partial charge in [-0.05, 0) is 39.0 Å². The molecule has 0 saturated carbocycles. The monoisotopic (exact) mass is 324 g/mol. The van der Waals surface area contributed by atoms with Gasteiger partial charge in [-0.3, -0.25) is 9.10 Å². The van der Waals surface area contributed by atoms with Crippen molar-refractivity contribution in [3.05, 3.63) is 29.3 Å². The lowest BCUT2D eigenvalue weighted by atomic mass is 10.0. The van der Waals surface area contributed by atoms with Gasteiger partial charge in [0.15, 0.2) is 0 Å². The largest absolute Gasteiger partial charge is 0.417 e. The van der Waals surface area contributed by atoms with Gasteiger partial charge in [-0.1, -0.05) is 0 Å². The molecule has 5 nitrogen and oxygen atoms in total. The number of benzene rings is 1. The molecule has 9 heteroatoms. The van der Waals surface area contributed by atoms with Gasteiger partial charge in [0.05, 0.1) is 16.8 Å².